The monoisotopic (exact) mass is 313 g/mol. The van der Waals surface area contributed by atoms with Gasteiger partial charge in [0.2, 0.25) is 10.0 Å². The molecule has 0 spiro atoms. The van der Waals surface area contributed by atoms with Crippen LogP contribution in [0.25, 0.3) is 0 Å². The SMILES string of the molecule is CN(CC1CNCCO1)S(=O)(=O)c1cccc(F)c1C#N. The van der Waals surface area contributed by atoms with Gasteiger partial charge in [-0.25, -0.2) is 12.8 Å². The smallest absolute Gasteiger partial charge is 0.244 e. The van der Waals surface area contributed by atoms with E-state index in [4.69, 9.17) is 10.00 Å². The maximum atomic E-state index is 13.6. The second-order valence-corrected chi connectivity index (χ2v) is 6.72. The Morgan fingerprint density at radius 2 is 2.33 bits per heavy atom. The quantitative estimate of drug-likeness (QED) is 0.865. The van der Waals surface area contributed by atoms with Gasteiger partial charge in [0.05, 0.1) is 12.7 Å². The van der Waals surface area contributed by atoms with Gasteiger partial charge in [0, 0.05) is 26.7 Å². The molecule has 0 amide bonds. The summed E-state index contributed by atoms with van der Waals surface area (Å²) in [6.07, 6.45) is -0.266. The van der Waals surface area contributed by atoms with Crippen molar-refractivity contribution in [2.75, 3.05) is 33.3 Å². The number of benzene rings is 1. The van der Waals surface area contributed by atoms with Crippen LogP contribution in [0.5, 0.6) is 0 Å². The molecule has 0 saturated carbocycles. The van der Waals surface area contributed by atoms with Crippen LogP contribution in [0.15, 0.2) is 23.1 Å². The highest BCUT2D eigenvalue weighted by molar-refractivity contribution is 7.89. The van der Waals surface area contributed by atoms with E-state index in [1.54, 1.807) is 6.07 Å². The molecule has 0 aromatic heterocycles. The van der Waals surface area contributed by atoms with Crippen molar-refractivity contribution in [3.63, 3.8) is 0 Å². The van der Waals surface area contributed by atoms with Gasteiger partial charge < -0.3 is 10.1 Å². The van der Waals surface area contributed by atoms with Crippen LogP contribution in [0.4, 0.5) is 4.39 Å². The van der Waals surface area contributed by atoms with E-state index in [0.29, 0.717) is 13.2 Å². The first-order valence-electron chi connectivity index (χ1n) is 6.44. The van der Waals surface area contributed by atoms with Crippen molar-refractivity contribution in [1.82, 2.24) is 9.62 Å². The number of likely N-dealkylation sites (N-methyl/N-ethyl adjacent to an activating group) is 1. The van der Waals surface area contributed by atoms with Crippen LogP contribution < -0.4 is 5.32 Å². The lowest BCUT2D eigenvalue weighted by Crippen LogP contribution is -2.45. The molecule has 0 aliphatic carbocycles. The van der Waals surface area contributed by atoms with Crippen LogP contribution in [-0.2, 0) is 14.8 Å². The first-order chi connectivity index (χ1) is 9.96. The highest BCUT2D eigenvalue weighted by Gasteiger charge is 2.28. The molecule has 1 aromatic carbocycles. The van der Waals surface area contributed by atoms with E-state index >= 15 is 0 Å². The maximum absolute atomic E-state index is 13.6. The van der Waals surface area contributed by atoms with Crippen molar-refractivity contribution in [1.29, 1.82) is 5.26 Å². The molecule has 2 rings (SSSR count). The van der Waals surface area contributed by atoms with Crippen molar-refractivity contribution in [3.8, 4) is 6.07 Å². The Hall–Kier alpha value is -1.53. The number of nitrogens with one attached hydrogen (secondary N) is 1. The normalized spacial score (nSPS) is 19.4. The van der Waals surface area contributed by atoms with Crippen LogP contribution in [0, 0.1) is 17.1 Å². The standard InChI is InChI=1S/C13H16FN3O3S/c1-17(9-10-8-16-5-6-20-10)21(18,19)13-4-2-3-12(14)11(13)7-15/h2-4,10,16H,5-6,8-9H2,1H3. The maximum Gasteiger partial charge on any atom is 0.244 e. The third-order valence-corrected chi connectivity index (χ3v) is 5.11. The molecule has 1 fully saturated rings. The minimum Gasteiger partial charge on any atom is -0.374 e. The molecule has 0 radical (unpaired) electrons. The summed E-state index contributed by atoms with van der Waals surface area (Å²) < 4.78 is 45.0. The topological polar surface area (TPSA) is 82.4 Å². The molecule has 1 aliphatic rings. The second kappa shape index (κ2) is 6.49. The van der Waals surface area contributed by atoms with Crippen molar-refractivity contribution >= 4 is 10.0 Å². The summed E-state index contributed by atoms with van der Waals surface area (Å²) in [5.74, 6) is -0.845. The molecular formula is C13H16FN3O3S. The summed E-state index contributed by atoms with van der Waals surface area (Å²) in [6.45, 7) is 1.93. The van der Waals surface area contributed by atoms with E-state index in [9.17, 15) is 12.8 Å². The van der Waals surface area contributed by atoms with Crippen molar-refractivity contribution in [3.05, 3.63) is 29.6 Å². The summed E-state index contributed by atoms with van der Waals surface area (Å²) >= 11 is 0. The first-order valence-corrected chi connectivity index (χ1v) is 7.88. The highest BCUT2D eigenvalue weighted by atomic mass is 32.2. The Morgan fingerprint density at radius 3 is 2.95 bits per heavy atom. The third-order valence-electron chi connectivity index (χ3n) is 3.24. The zero-order valence-corrected chi connectivity index (χ0v) is 12.4. The molecule has 114 valence electrons. The van der Waals surface area contributed by atoms with Gasteiger partial charge in [0.1, 0.15) is 22.3 Å². The molecule has 21 heavy (non-hydrogen) atoms. The van der Waals surface area contributed by atoms with Crippen molar-refractivity contribution in [2.24, 2.45) is 0 Å². The van der Waals surface area contributed by atoms with E-state index < -0.39 is 21.4 Å². The number of nitrogens with zero attached hydrogens (tertiary/aromatic N) is 2. The average Bonchev–Trinajstić information content (AvgIpc) is 2.48. The fourth-order valence-electron chi connectivity index (χ4n) is 2.12. The molecule has 8 heteroatoms. The van der Waals surface area contributed by atoms with Gasteiger partial charge in [-0.2, -0.15) is 9.57 Å². The Labute approximate surface area is 123 Å². The first kappa shape index (κ1) is 15.9. The van der Waals surface area contributed by atoms with E-state index in [1.807, 2.05) is 0 Å². The Morgan fingerprint density at radius 1 is 1.57 bits per heavy atom. The second-order valence-electron chi connectivity index (χ2n) is 4.71. The number of hydrogen-bond acceptors (Lipinski definition) is 5. The predicted molar refractivity (Wildman–Crippen MR) is 73.5 cm³/mol. The summed E-state index contributed by atoms with van der Waals surface area (Å²) in [4.78, 5) is -0.323. The van der Waals surface area contributed by atoms with Gasteiger partial charge in [0.15, 0.2) is 0 Å². The molecular weight excluding hydrogens is 297 g/mol. The van der Waals surface area contributed by atoms with Crippen LogP contribution in [0.2, 0.25) is 0 Å². The number of sulfonamides is 1. The Kier molecular flexibility index (Phi) is 4.90. The lowest BCUT2D eigenvalue weighted by molar-refractivity contribution is 0.0206. The third kappa shape index (κ3) is 3.39. The number of hydrogen-bond donors (Lipinski definition) is 1. The lowest BCUT2D eigenvalue weighted by atomic mass is 10.2. The molecule has 6 nitrogen and oxygen atoms in total. The van der Waals surface area contributed by atoms with Crippen LogP contribution in [-0.4, -0.2) is 52.1 Å². The van der Waals surface area contributed by atoms with Crippen LogP contribution >= 0.6 is 0 Å². The van der Waals surface area contributed by atoms with E-state index in [1.165, 1.54) is 19.2 Å². The molecule has 1 unspecified atom stereocenters. The number of ether oxygens (including phenoxy) is 1. The Bertz CT molecular complexity index is 651. The number of rotatable bonds is 4. The molecule has 1 atom stereocenters. The summed E-state index contributed by atoms with van der Waals surface area (Å²) in [6, 6.07) is 5.17. The Balaban J connectivity index is 2.25. The molecule has 1 heterocycles. The van der Waals surface area contributed by atoms with Crippen LogP contribution in [0.3, 0.4) is 0 Å². The fraction of sp³-hybridized carbons (Fsp3) is 0.462. The van der Waals surface area contributed by atoms with E-state index in [-0.39, 0.29) is 17.5 Å². The molecule has 1 saturated heterocycles. The number of nitriles is 1. The fourth-order valence-corrected chi connectivity index (χ4v) is 3.47. The largest absolute Gasteiger partial charge is 0.374 e. The molecule has 1 aliphatic heterocycles. The van der Waals surface area contributed by atoms with Crippen molar-refractivity contribution < 1.29 is 17.5 Å². The molecule has 0 bridgehead atoms. The minimum atomic E-state index is -3.94. The van der Waals surface area contributed by atoms with Gasteiger partial charge in [-0.05, 0) is 12.1 Å². The minimum absolute atomic E-state index is 0.136. The zero-order chi connectivity index (χ0) is 15.5. The molecule has 1 N–H and O–H groups in total. The van der Waals surface area contributed by atoms with Gasteiger partial charge in [0.25, 0.3) is 0 Å². The van der Waals surface area contributed by atoms with Gasteiger partial charge >= 0.3 is 0 Å². The lowest BCUT2D eigenvalue weighted by Gasteiger charge is -2.27. The van der Waals surface area contributed by atoms with Gasteiger partial charge in [-0.1, -0.05) is 6.07 Å². The molecule has 1 aromatic rings. The summed E-state index contributed by atoms with van der Waals surface area (Å²) in [7, 11) is -2.55. The number of halogens is 1. The summed E-state index contributed by atoms with van der Waals surface area (Å²) in [5, 5.41) is 12.1. The summed E-state index contributed by atoms with van der Waals surface area (Å²) in [5.41, 5.74) is -0.466. The zero-order valence-electron chi connectivity index (χ0n) is 11.5. The van der Waals surface area contributed by atoms with Gasteiger partial charge in [-0.3, -0.25) is 0 Å². The van der Waals surface area contributed by atoms with Gasteiger partial charge in [-0.15, -0.1) is 0 Å². The van der Waals surface area contributed by atoms with Crippen LogP contribution in [0.1, 0.15) is 5.56 Å². The highest BCUT2D eigenvalue weighted by Crippen LogP contribution is 2.21. The predicted octanol–water partition coefficient (Wildman–Crippen LogP) is 0.306. The van der Waals surface area contributed by atoms with E-state index in [0.717, 1.165) is 16.9 Å². The number of morpholine rings is 1. The van der Waals surface area contributed by atoms with E-state index in [2.05, 4.69) is 5.32 Å². The van der Waals surface area contributed by atoms with Crippen molar-refractivity contribution in [2.45, 2.75) is 11.0 Å². The average molecular weight is 313 g/mol.